The number of carbonyl (C=O) groups is 1. The average molecular weight is 311 g/mol. The van der Waals surface area contributed by atoms with Gasteiger partial charge in [-0.2, -0.15) is 0 Å². The molecule has 2 aromatic rings. The van der Waals surface area contributed by atoms with Crippen LogP contribution in [0.1, 0.15) is 18.1 Å². The molecule has 2 rings (SSSR count). The third-order valence-electron chi connectivity index (χ3n) is 2.70. The van der Waals surface area contributed by atoms with Crippen molar-refractivity contribution in [1.29, 1.82) is 0 Å². The van der Waals surface area contributed by atoms with Crippen LogP contribution < -0.4 is 4.74 Å². The third kappa shape index (κ3) is 3.89. The van der Waals surface area contributed by atoms with E-state index in [9.17, 15) is 4.79 Å². The maximum Gasteiger partial charge on any atom is 0.307 e. The van der Waals surface area contributed by atoms with Crippen LogP contribution in [0.25, 0.3) is 0 Å². The molecule has 5 heteroatoms. The highest BCUT2D eigenvalue weighted by Gasteiger charge is 2.18. The van der Waals surface area contributed by atoms with Gasteiger partial charge in [0.1, 0.15) is 11.9 Å². The number of halogens is 2. The molecule has 0 spiro atoms. The molecule has 1 N–H and O–H groups in total. The van der Waals surface area contributed by atoms with Gasteiger partial charge in [-0.3, -0.25) is 4.79 Å². The van der Waals surface area contributed by atoms with Crippen LogP contribution in [0.4, 0.5) is 0 Å². The van der Waals surface area contributed by atoms with Crippen LogP contribution in [0.3, 0.4) is 0 Å². The van der Waals surface area contributed by atoms with E-state index in [1.54, 1.807) is 30.3 Å². The predicted molar refractivity (Wildman–Crippen MR) is 78.5 cm³/mol. The summed E-state index contributed by atoms with van der Waals surface area (Å²) in [6.45, 7) is 0. The number of ether oxygens (including phenoxy) is 1. The maximum atomic E-state index is 11.0. The average Bonchev–Trinajstić information content (AvgIpc) is 2.42. The lowest BCUT2D eigenvalue weighted by molar-refractivity contribution is -0.138. The van der Waals surface area contributed by atoms with Crippen molar-refractivity contribution >= 4 is 29.2 Å². The summed E-state index contributed by atoms with van der Waals surface area (Å²) >= 11 is 11.8. The molecule has 0 radical (unpaired) electrons. The van der Waals surface area contributed by atoms with E-state index >= 15 is 0 Å². The predicted octanol–water partition coefficient (Wildman–Crippen LogP) is 4.59. The summed E-state index contributed by atoms with van der Waals surface area (Å²) in [4.78, 5) is 11.0. The Bertz CT molecular complexity index is 599. The zero-order valence-corrected chi connectivity index (χ0v) is 11.9. The largest absolute Gasteiger partial charge is 0.485 e. The second-order valence-corrected chi connectivity index (χ2v) is 5.01. The molecule has 3 nitrogen and oxygen atoms in total. The summed E-state index contributed by atoms with van der Waals surface area (Å²) in [5.74, 6) is -0.346. The minimum Gasteiger partial charge on any atom is -0.485 e. The molecule has 2 aromatic carbocycles. The van der Waals surface area contributed by atoms with E-state index in [4.69, 9.17) is 33.0 Å². The van der Waals surface area contributed by atoms with E-state index < -0.39 is 12.1 Å². The number of para-hydroxylation sites is 1. The van der Waals surface area contributed by atoms with Gasteiger partial charge in [-0.1, -0.05) is 47.5 Å². The van der Waals surface area contributed by atoms with Gasteiger partial charge in [-0.05, 0) is 29.8 Å². The summed E-state index contributed by atoms with van der Waals surface area (Å²) in [5, 5.41) is 9.80. The zero-order valence-electron chi connectivity index (χ0n) is 10.4. The van der Waals surface area contributed by atoms with Gasteiger partial charge >= 0.3 is 5.97 Å². The molecule has 0 fully saturated rings. The van der Waals surface area contributed by atoms with E-state index in [2.05, 4.69) is 0 Å². The number of carboxylic acids is 1. The topological polar surface area (TPSA) is 46.5 Å². The lowest BCUT2D eigenvalue weighted by atomic mass is 10.1. The minimum absolute atomic E-state index is 0.160. The second kappa shape index (κ2) is 6.64. The van der Waals surface area contributed by atoms with Crippen LogP contribution >= 0.6 is 23.2 Å². The minimum atomic E-state index is -0.947. The van der Waals surface area contributed by atoms with E-state index in [1.807, 2.05) is 18.2 Å². The Hall–Kier alpha value is -1.71. The van der Waals surface area contributed by atoms with Gasteiger partial charge < -0.3 is 9.84 Å². The molecule has 20 heavy (non-hydrogen) atoms. The molecule has 0 unspecified atom stereocenters. The molecule has 0 bridgehead atoms. The van der Waals surface area contributed by atoms with Crippen LogP contribution in [0, 0.1) is 0 Å². The Morgan fingerprint density at radius 2 is 1.80 bits per heavy atom. The van der Waals surface area contributed by atoms with Gasteiger partial charge in [-0.25, -0.2) is 0 Å². The first kappa shape index (κ1) is 14.7. The van der Waals surface area contributed by atoms with Crippen molar-refractivity contribution in [2.75, 3.05) is 0 Å². The summed E-state index contributed by atoms with van der Waals surface area (Å²) in [6.07, 6.45) is -0.781. The van der Waals surface area contributed by atoms with Crippen molar-refractivity contribution in [3.63, 3.8) is 0 Å². The fraction of sp³-hybridized carbons (Fsp3) is 0.133. The van der Waals surface area contributed by atoms with Gasteiger partial charge in [0.05, 0.1) is 16.5 Å². The van der Waals surface area contributed by atoms with Crippen LogP contribution in [-0.2, 0) is 4.79 Å². The summed E-state index contributed by atoms with van der Waals surface area (Å²) in [5.41, 5.74) is 0.672. The van der Waals surface area contributed by atoms with E-state index in [-0.39, 0.29) is 6.42 Å². The van der Waals surface area contributed by atoms with E-state index in [0.29, 0.717) is 21.4 Å². The zero-order chi connectivity index (χ0) is 14.5. The first-order valence-corrected chi connectivity index (χ1v) is 6.70. The molecule has 0 amide bonds. The molecular weight excluding hydrogens is 299 g/mol. The maximum absolute atomic E-state index is 11.0. The number of hydrogen-bond acceptors (Lipinski definition) is 2. The van der Waals surface area contributed by atoms with Crippen molar-refractivity contribution in [1.82, 2.24) is 0 Å². The second-order valence-electron chi connectivity index (χ2n) is 4.19. The monoisotopic (exact) mass is 310 g/mol. The molecule has 1 atom stereocenters. The van der Waals surface area contributed by atoms with Crippen molar-refractivity contribution in [2.24, 2.45) is 0 Å². The Morgan fingerprint density at radius 3 is 2.40 bits per heavy atom. The van der Waals surface area contributed by atoms with Gasteiger partial charge in [0.2, 0.25) is 0 Å². The standard InChI is InChI=1S/C15H12Cl2O3/c16-12-7-6-10(8-13(12)17)14(9-15(18)19)20-11-4-2-1-3-5-11/h1-8,14H,9H2,(H,18,19)/t14-/m0/s1. The highest BCUT2D eigenvalue weighted by atomic mass is 35.5. The summed E-state index contributed by atoms with van der Waals surface area (Å²) < 4.78 is 5.72. The highest BCUT2D eigenvalue weighted by molar-refractivity contribution is 6.42. The van der Waals surface area contributed by atoms with Gasteiger partial charge in [0.15, 0.2) is 0 Å². The van der Waals surface area contributed by atoms with Crippen LogP contribution in [0.15, 0.2) is 48.5 Å². The smallest absolute Gasteiger partial charge is 0.307 e. The molecule has 104 valence electrons. The molecule has 0 aromatic heterocycles. The first-order chi connectivity index (χ1) is 9.56. The molecule has 0 saturated carbocycles. The Kier molecular flexibility index (Phi) is 4.88. The van der Waals surface area contributed by atoms with Crippen molar-refractivity contribution in [3.8, 4) is 5.75 Å². The normalized spacial score (nSPS) is 11.9. The van der Waals surface area contributed by atoms with E-state index in [0.717, 1.165) is 0 Å². The van der Waals surface area contributed by atoms with Crippen LogP contribution in [0.5, 0.6) is 5.75 Å². The van der Waals surface area contributed by atoms with Gasteiger partial charge in [0, 0.05) is 0 Å². The third-order valence-corrected chi connectivity index (χ3v) is 3.44. The van der Waals surface area contributed by atoms with Crippen molar-refractivity contribution < 1.29 is 14.6 Å². The molecule has 0 aliphatic carbocycles. The fourth-order valence-electron chi connectivity index (χ4n) is 1.76. The SMILES string of the molecule is O=C(O)C[C@H](Oc1ccccc1)c1ccc(Cl)c(Cl)c1. The molecule has 0 aliphatic heterocycles. The number of rotatable bonds is 5. The molecule has 0 heterocycles. The van der Waals surface area contributed by atoms with Crippen molar-refractivity contribution in [2.45, 2.75) is 12.5 Å². The fourth-order valence-corrected chi connectivity index (χ4v) is 2.07. The quantitative estimate of drug-likeness (QED) is 0.878. The van der Waals surface area contributed by atoms with Crippen LogP contribution in [-0.4, -0.2) is 11.1 Å². The summed E-state index contributed by atoms with van der Waals surface area (Å²) in [7, 11) is 0. The first-order valence-electron chi connectivity index (χ1n) is 5.94. The summed E-state index contributed by atoms with van der Waals surface area (Å²) in [6, 6.07) is 14.0. The number of benzene rings is 2. The van der Waals surface area contributed by atoms with E-state index in [1.165, 1.54) is 0 Å². The molecule has 0 aliphatic rings. The molecular formula is C15H12Cl2O3. The Balaban J connectivity index is 2.27. The molecule has 0 saturated heterocycles. The lowest BCUT2D eigenvalue weighted by Crippen LogP contribution is -2.12. The van der Waals surface area contributed by atoms with Crippen LogP contribution in [0.2, 0.25) is 10.0 Å². The number of hydrogen-bond donors (Lipinski definition) is 1. The highest BCUT2D eigenvalue weighted by Crippen LogP contribution is 2.30. The Labute approximate surface area is 126 Å². The lowest BCUT2D eigenvalue weighted by Gasteiger charge is -2.18. The van der Waals surface area contributed by atoms with Crippen molar-refractivity contribution in [3.05, 3.63) is 64.1 Å². The van der Waals surface area contributed by atoms with Gasteiger partial charge in [-0.15, -0.1) is 0 Å². The van der Waals surface area contributed by atoms with Gasteiger partial charge in [0.25, 0.3) is 0 Å². The Morgan fingerprint density at radius 1 is 1.10 bits per heavy atom. The number of carboxylic acid groups (broad SMARTS) is 1. The number of aliphatic carboxylic acids is 1.